The fraction of sp³-hybridized carbons (Fsp3) is 0.357. The zero-order valence-electron chi connectivity index (χ0n) is 22.7. The molecule has 40 heavy (non-hydrogen) atoms. The summed E-state index contributed by atoms with van der Waals surface area (Å²) in [5, 5.41) is 28.5. The van der Waals surface area contributed by atoms with Gasteiger partial charge in [0.05, 0.1) is 19.7 Å². The predicted molar refractivity (Wildman–Crippen MR) is 151 cm³/mol. The molecular weight excluding hydrogens is 515 g/mol. The van der Waals surface area contributed by atoms with Gasteiger partial charge in [-0.25, -0.2) is 4.98 Å². The van der Waals surface area contributed by atoms with Gasteiger partial charge in [0.25, 0.3) is 11.8 Å². The van der Waals surface area contributed by atoms with Gasteiger partial charge in [-0.1, -0.05) is 19.3 Å². The number of aromatic nitrogens is 1. The third kappa shape index (κ3) is 6.52. The highest BCUT2D eigenvalue weighted by Crippen LogP contribution is 2.29. The van der Waals surface area contributed by atoms with E-state index in [1.165, 1.54) is 38.4 Å². The molecule has 3 aromatic rings. The molecule has 2 aromatic carbocycles. The van der Waals surface area contributed by atoms with Crippen LogP contribution < -0.4 is 30.9 Å². The van der Waals surface area contributed by atoms with Crippen molar-refractivity contribution in [3.05, 3.63) is 53.7 Å². The lowest BCUT2D eigenvalue weighted by atomic mass is 9.79. The minimum Gasteiger partial charge on any atom is -0.497 e. The summed E-state index contributed by atoms with van der Waals surface area (Å²) >= 11 is 0. The molecule has 0 unspecified atom stereocenters. The number of amides is 3. The fourth-order valence-corrected chi connectivity index (χ4v) is 5.03. The summed E-state index contributed by atoms with van der Waals surface area (Å²) in [6.45, 7) is 0. The highest BCUT2D eigenvalue weighted by atomic mass is 16.5. The zero-order chi connectivity index (χ0) is 28.8. The number of ether oxygens (including phenoxy) is 2. The molecule has 210 valence electrons. The van der Waals surface area contributed by atoms with Crippen LogP contribution in [0.5, 0.6) is 11.5 Å². The highest BCUT2D eigenvalue weighted by molar-refractivity contribution is 6.58. The maximum Gasteiger partial charge on any atom is 0.488 e. The molecule has 0 saturated heterocycles. The number of carbonyl (C=O) groups excluding carboxylic acids is 3. The molecule has 1 aliphatic carbocycles. The van der Waals surface area contributed by atoms with Crippen molar-refractivity contribution >= 4 is 46.9 Å². The number of nitrogens with zero attached hydrogens (tertiary/aromatic N) is 1. The molecule has 1 saturated carbocycles. The van der Waals surface area contributed by atoms with Crippen molar-refractivity contribution in [1.82, 2.24) is 15.6 Å². The number of hydrogen-bond acceptors (Lipinski definition) is 8. The Labute approximate surface area is 232 Å². The van der Waals surface area contributed by atoms with Gasteiger partial charge in [-0.05, 0) is 60.6 Å². The normalized spacial score (nSPS) is 14.2. The summed E-state index contributed by atoms with van der Waals surface area (Å²) in [5.74, 6) is -0.443. The molecule has 0 spiro atoms. The number of rotatable bonds is 9. The average molecular weight is 548 g/mol. The van der Waals surface area contributed by atoms with E-state index in [4.69, 9.17) is 9.47 Å². The van der Waals surface area contributed by atoms with E-state index in [0.29, 0.717) is 22.4 Å². The molecule has 12 heteroatoms. The van der Waals surface area contributed by atoms with Gasteiger partial charge >= 0.3 is 7.12 Å². The van der Waals surface area contributed by atoms with Gasteiger partial charge in [0.1, 0.15) is 23.2 Å². The van der Waals surface area contributed by atoms with Gasteiger partial charge in [0.2, 0.25) is 5.91 Å². The standard InChI is InChI=1S/C28H33BN4O7/c1-30-28(36)25(16-7-5-4-6-8-16)33-26(34)17-11-18(29(37)38)13-19(12-17)31-27(35)23-15-24(40-3)21-14-20(39-2)9-10-22(21)32-23/h9-16,25,37-38H,4-8H2,1-3H3,(H,30,36)(H,31,35)(H,33,34)/t25-/m0/s1. The Morgan fingerprint density at radius 3 is 2.38 bits per heavy atom. The number of likely N-dealkylation sites (N-methyl/N-ethyl adjacent to an activating group) is 1. The van der Waals surface area contributed by atoms with Crippen LogP contribution in [-0.4, -0.2) is 67.2 Å². The number of anilines is 1. The third-order valence-corrected chi connectivity index (χ3v) is 7.14. The van der Waals surface area contributed by atoms with Crippen LogP contribution in [0, 0.1) is 5.92 Å². The number of fused-ring (bicyclic) bond motifs is 1. The Balaban J connectivity index is 1.61. The second kappa shape index (κ2) is 12.8. The van der Waals surface area contributed by atoms with E-state index in [9.17, 15) is 24.4 Å². The molecule has 1 atom stereocenters. The van der Waals surface area contributed by atoms with E-state index in [-0.39, 0.29) is 34.2 Å². The van der Waals surface area contributed by atoms with Gasteiger partial charge in [0.15, 0.2) is 0 Å². The molecule has 5 N–H and O–H groups in total. The van der Waals surface area contributed by atoms with Gasteiger partial charge in [0, 0.05) is 29.8 Å². The second-order valence-electron chi connectivity index (χ2n) is 9.73. The summed E-state index contributed by atoms with van der Waals surface area (Å²) in [5.41, 5.74) is 0.751. The van der Waals surface area contributed by atoms with Crippen LogP contribution in [0.25, 0.3) is 10.9 Å². The van der Waals surface area contributed by atoms with Crippen LogP contribution in [-0.2, 0) is 4.79 Å². The Morgan fingerprint density at radius 1 is 0.975 bits per heavy atom. The maximum atomic E-state index is 13.3. The van der Waals surface area contributed by atoms with Crippen LogP contribution in [0.2, 0.25) is 0 Å². The quantitative estimate of drug-likeness (QED) is 0.252. The number of nitrogens with one attached hydrogen (secondary N) is 3. The van der Waals surface area contributed by atoms with E-state index < -0.39 is 25.0 Å². The number of benzene rings is 2. The van der Waals surface area contributed by atoms with Crippen molar-refractivity contribution < 1.29 is 33.9 Å². The van der Waals surface area contributed by atoms with Crippen molar-refractivity contribution in [3.8, 4) is 11.5 Å². The van der Waals surface area contributed by atoms with Crippen molar-refractivity contribution in [2.24, 2.45) is 5.92 Å². The van der Waals surface area contributed by atoms with E-state index in [1.54, 1.807) is 25.3 Å². The smallest absolute Gasteiger partial charge is 0.488 e. The topological polar surface area (TPSA) is 159 Å². The van der Waals surface area contributed by atoms with Crippen molar-refractivity contribution in [1.29, 1.82) is 0 Å². The molecule has 0 aliphatic heterocycles. The first-order valence-electron chi connectivity index (χ1n) is 13.1. The van der Waals surface area contributed by atoms with Crippen molar-refractivity contribution in [3.63, 3.8) is 0 Å². The van der Waals surface area contributed by atoms with Gasteiger partial charge in [-0.15, -0.1) is 0 Å². The first-order chi connectivity index (χ1) is 19.2. The summed E-state index contributed by atoms with van der Waals surface area (Å²) in [6.07, 6.45) is 4.71. The van der Waals surface area contributed by atoms with Crippen LogP contribution in [0.4, 0.5) is 5.69 Å². The molecule has 1 aliphatic rings. The third-order valence-electron chi connectivity index (χ3n) is 7.14. The van der Waals surface area contributed by atoms with Gasteiger partial charge in [-0.2, -0.15) is 0 Å². The van der Waals surface area contributed by atoms with Crippen molar-refractivity contribution in [2.45, 2.75) is 38.1 Å². The lowest BCUT2D eigenvalue weighted by molar-refractivity contribution is -0.124. The Kier molecular flexibility index (Phi) is 9.23. The Bertz CT molecular complexity index is 1410. The van der Waals surface area contributed by atoms with E-state index in [2.05, 4.69) is 20.9 Å². The summed E-state index contributed by atoms with van der Waals surface area (Å²) in [4.78, 5) is 43.5. The lowest BCUT2D eigenvalue weighted by Crippen LogP contribution is -2.50. The minimum absolute atomic E-state index is 0.00244. The summed E-state index contributed by atoms with van der Waals surface area (Å²) in [6, 6.07) is 9.98. The fourth-order valence-electron chi connectivity index (χ4n) is 5.03. The molecule has 0 radical (unpaired) electrons. The first-order valence-corrected chi connectivity index (χ1v) is 13.1. The van der Waals surface area contributed by atoms with Crippen LogP contribution >= 0.6 is 0 Å². The predicted octanol–water partition coefficient (Wildman–Crippen LogP) is 1.61. The largest absolute Gasteiger partial charge is 0.497 e. The number of carbonyl (C=O) groups is 3. The molecule has 4 rings (SSSR count). The average Bonchev–Trinajstić information content (AvgIpc) is 2.98. The maximum absolute atomic E-state index is 13.3. The lowest BCUT2D eigenvalue weighted by Gasteiger charge is -2.29. The SMILES string of the molecule is CNC(=O)[C@@H](NC(=O)c1cc(NC(=O)c2cc(OC)c3cc(OC)ccc3n2)cc(B(O)O)c1)C1CCCCC1. The van der Waals surface area contributed by atoms with E-state index in [1.807, 2.05) is 0 Å². The monoisotopic (exact) mass is 548 g/mol. The van der Waals surface area contributed by atoms with Crippen LogP contribution in [0.1, 0.15) is 53.0 Å². The summed E-state index contributed by atoms with van der Waals surface area (Å²) < 4.78 is 10.7. The molecule has 1 fully saturated rings. The molecule has 11 nitrogen and oxygen atoms in total. The van der Waals surface area contributed by atoms with Gasteiger partial charge < -0.3 is 35.5 Å². The van der Waals surface area contributed by atoms with Crippen LogP contribution in [0.3, 0.4) is 0 Å². The Morgan fingerprint density at radius 2 is 1.73 bits per heavy atom. The number of methoxy groups -OCH3 is 2. The molecule has 0 bridgehead atoms. The molecule has 3 amide bonds. The highest BCUT2D eigenvalue weighted by Gasteiger charge is 2.31. The van der Waals surface area contributed by atoms with Gasteiger partial charge in [-0.3, -0.25) is 14.4 Å². The van der Waals surface area contributed by atoms with E-state index >= 15 is 0 Å². The molecular formula is C28H33BN4O7. The van der Waals surface area contributed by atoms with Crippen LogP contribution in [0.15, 0.2) is 42.5 Å². The number of pyridine rings is 1. The number of hydrogen-bond donors (Lipinski definition) is 5. The van der Waals surface area contributed by atoms with Crippen molar-refractivity contribution in [2.75, 3.05) is 26.6 Å². The zero-order valence-corrected chi connectivity index (χ0v) is 22.7. The second-order valence-corrected chi connectivity index (χ2v) is 9.73. The minimum atomic E-state index is -1.90. The Hall–Kier alpha value is -4.16. The summed E-state index contributed by atoms with van der Waals surface area (Å²) in [7, 11) is 2.65. The molecule has 1 heterocycles. The molecule has 1 aromatic heterocycles. The van der Waals surface area contributed by atoms with E-state index in [0.717, 1.165) is 32.1 Å². The first kappa shape index (κ1) is 28.8.